The predicted octanol–water partition coefficient (Wildman–Crippen LogP) is 3.61. The highest BCUT2D eigenvalue weighted by atomic mass is 32.2. The van der Waals surface area contributed by atoms with Crippen molar-refractivity contribution in [3.63, 3.8) is 0 Å². The first-order chi connectivity index (χ1) is 13.9. The van der Waals surface area contributed by atoms with Gasteiger partial charge in [0.25, 0.3) is 0 Å². The summed E-state index contributed by atoms with van der Waals surface area (Å²) in [6, 6.07) is 11.2. The second-order valence-corrected chi connectivity index (χ2v) is 8.90. The normalized spacial score (nSPS) is 14.5. The molecule has 150 valence electrons. The maximum absolute atomic E-state index is 14.8. The van der Waals surface area contributed by atoms with Gasteiger partial charge in [-0.2, -0.15) is 0 Å². The summed E-state index contributed by atoms with van der Waals surface area (Å²) in [7, 11) is -3.70. The third-order valence-corrected chi connectivity index (χ3v) is 6.67. The van der Waals surface area contributed by atoms with Gasteiger partial charge in [-0.05, 0) is 42.5 Å². The van der Waals surface area contributed by atoms with Gasteiger partial charge >= 0.3 is 0 Å². The molecule has 0 saturated heterocycles. The van der Waals surface area contributed by atoms with Gasteiger partial charge < -0.3 is 5.73 Å². The van der Waals surface area contributed by atoms with Crippen LogP contribution in [0.15, 0.2) is 59.8 Å². The molecule has 6 nitrogen and oxygen atoms in total. The van der Waals surface area contributed by atoms with E-state index < -0.39 is 15.8 Å². The van der Waals surface area contributed by atoms with E-state index in [2.05, 4.69) is 14.7 Å². The molecule has 0 spiro atoms. The van der Waals surface area contributed by atoms with Gasteiger partial charge in [-0.3, -0.25) is 4.98 Å². The lowest BCUT2D eigenvalue weighted by molar-refractivity contribution is 0.316. The third kappa shape index (κ3) is 4.13. The molecule has 2 aromatic carbocycles. The molecule has 3 aromatic rings. The van der Waals surface area contributed by atoms with Crippen LogP contribution in [-0.2, 0) is 10.0 Å². The summed E-state index contributed by atoms with van der Waals surface area (Å²) in [6.45, 7) is 0.430. The van der Waals surface area contributed by atoms with Crippen LogP contribution in [0, 0.1) is 11.7 Å². The van der Waals surface area contributed by atoms with Gasteiger partial charge in [-0.25, -0.2) is 22.5 Å². The van der Waals surface area contributed by atoms with E-state index >= 15 is 0 Å². The van der Waals surface area contributed by atoms with E-state index in [0.717, 1.165) is 19.3 Å². The zero-order chi connectivity index (χ0) is 20.4. The minimum absolute atomic E-state index is 0.138. The maximum atomic E-state index is 14.8. The van der Waals surface area contributed by atoms with Crippen molar-refractivity contribution in [1.29, 1.82) is 0 Å². The van der Waals surface area contributed by atoms with E-state index in [-0.39, 0.29) is 16.3 Å². The number of aromatic nitrogens is 2. The van der Waals surface area contributed by atoms with Crippen molar-refractivity contribution in [1.82, 2.24) is 14.7 Å². The molecule has 0 amide bonds. The monoisotopic (exact) mass is 412 g/mol. The summed E-state index contributed by atoms with van der Waals surface area (Å²) in [5.74, 6) is 0.130. The number of benzene rings is 2. The highest BCUT2D eigenvalue weighted by molar-refractivity contribution is 7.89. The van der Waals surface area contributed by atoms with E-state index in [4.69, 9.17) is 5.73 Å². The molecule has 1 saturated carbocycles. The number of nitrogens with one attached hydrogen (secondary N) is 1. The van der Waals surface area contributed by atoms with Crippen molar-refractivity contribution in [3.8, 4) is 22.4 Å². The van der Waals surface area contributed by atoms with Crippen LogP contribution < -0.4 is 10.5 Å². The van der Waals surface area contributed by atoms with Crippen molar-refractivity contribution >= 4 is 15.8 Å². The van der Waals surface area contributed by atoms with Crippen molar-refractivity contribution in [2.45, 2.75) is 24.2 Å². The fourth-order valence-corrected chi connectivity index (χ4v) is 4.65. The molecule has 0 bridgehead atoms. The number of anilines is 1. The lowest BCUT2D eigenvalue weighted by Gasteiger charge is -2.25. The Morgan fingerprint density at radius 3 is 2.52 bits per heavy atom. The average molecular weight is 412 g/mol. The zero-order valence-electron chi connectivity index (χ0n) is 15.7. The van der Waals surface area contributed by atoms with E-state index in [1.54, 1.807) is 30.3 Å². The zero-order valence-corrected chi connectivity index (χ0v) is 16.5. The third-order valence-electron chi connectivity index (χ3n) is 5.19. The molecule has 0 atom stereocenters. The molecule has 8 heteroatoms. The Bertz CT molecular complexity index is 1130. The molecule has 1 aromatic heterocycles. The molecule has 1 fully saturated rings. The summed E-state index contributed by atoms with van der Waals surface area (Å²) in [5.41, 5.74) is 7.07. The van der Waals surface area contributed by atoms with Gasteiger partial charge in [0.15, 0.2) is 0 Å². The number of nitrogen functional groups attached to an aromatic ring is 1. The largest absolute Gasteiger partial charge is 0.382 e. The molecular weight excluding hydrogens is 391 g/mol. The van der Waals surface area contributed by atoms with Crippen LogP contribution in [0.1, 0.15) is 19.3 Å². The Morgan fingerprint density at radius 2 is 1.86 bits per heavy atom. The molecule has 4 rings (SSSR count). The minimum Gasteiger partial charge on any atom is -0.382 e. The van der Waals surface area contributed by atoms with Gasteiger partial charge in [0, 0.05) is 17.7 Å². The number of sulfonamides is 1. The first-order valence-electron chi connectivity index (χ1n) is 9.40. The van der Waals surface area contributed by atoms with Gasteiger partial charge in [0.2, 0.25) is 10.0 Å². The standard InChI is InChI=1S/C21H21FN4O2S/c22-18-10-15(8-9-17(18)19-12-25-21(23)13-24-19)16-6-1-2-7-20(16)29(27,28)26-11-14-4-3-5-14/h1-2,6-10,12-14,26H,3-5,11H2,(H2,23,25). The Morgan fingerprint density at radius 1 is 1.07 bits per heavy atom. The fraction of sp³-hybridized carbons (Fsp3) is 0.238. The highest BCUT2D eigenvalue weighted by Crippen LogP contribution is 2.31. The molecule has 1 aliphatic carbocycles. The van der Waals surface area contributed by atoms with Crippen molar-refractivity contribution in [2.24, 2.45) is 5.92 Å². The van der Waals surface area contributed by atoms with Crippen LogP contribution >= 0.6 is 0 Å². The second-order valence-electron chi connectivity index (χ2n) is 7.17. The Hall–Kier alpha value is -2.84. The summed E-state index contributed by atoms with van der Waals surface area (Å²) in [4.78, 5) is 8.16. The van der Waals surface area contributed by atoms with Crippen LogP contribution in [-0.4, -0.2) is 24.9 Å². The molecule has 1 heterocycles. The predicted molar refractivity (Wildman–Crippen MR) is 110 cm³/mol. The number of rotatable bonds is 6. The van der Waals surface area contributed by atoms with E-state index in [1.807, 2.05) is 0 Å². The number of nitrogens with zero attached hydrogens (tertiary/aromatic N) is 2. The molecular formula is C21H21FN4O2S. The Labute approximate surface area is 169 Å². The Balaban J connectivity index is 1.66. The average Bonchev–Trinajstić information content (AvgIpc) is 2.67. The lowest BCUT2D eigenvalue weighted by atomic mass is 9.86. The van der Waals surface area contributed by atoms with E-state index in [9.17, 15) is 12.8 Å². The van der Waals surface area contributed by atoms with Crippen LogP contribution in [0.3, 0.4) is 0 Å². The second kappa shape index (κ2) is 7.88. The van der Waals surface area contributed by atoms with Gasteiger partial charge in [-0.15, -0.1) is 0 Å². The van der Waals surface area contributed by atoms with Crippen LogP contribution in [0.4, 0.5) is 10.2 Å². The van der Waals surface area contributed by atoms with Crippen LogP contribution in [0.2, 0.25) is 0 Å². The molecule has 29 heavy (non-hydrogen) atoms. The molecule has 3 N–H and O–H groups in total. The summed E-state index contributed by atoms with van der Waals surface area (Å²) in [6.07, 6.45) is 6.00. The van der Waals surface area contributed by atoms with Crippen molar-refractivity contribution < 1.29 is 12.8 Å². The smallest absolute Gasteiger partial charge is 0.241 e. The summed E-state index contributed by atoms with van der Waals surface area (Å²) >= 11 is 0. The van der Waals surface area contributed by atoms with Crippen molar-refractivity contribution in [2.75, 3.05) is 12.3 Å². The van der Waals surface area contributed by atoms with Crippen LogP contribution in [0.5, 0.6) is 0 Å². The van der Waals surface area contributed by atoms with Gasteiger partial charge in [-0.1, -0.05) is 30.7 Å². The van der Waals surface area contributed by atoms with Gasteiger partial charge in [0.1, 0.15) is 11.6 Å². The lowest BCUT2D eigenvalue weighted by Crippen LogP contribution is -2.32. The molecule has 0 unspecified atom stereocenters. The van der Waals surface area contributed by atoms with Crippen LogP contribution in [0.25, 0.3) is 22.4 Å². The Kier molecular flexibility index (Phi) is 5.29. The first-order valence-corrected chi connectivity index (χ1v) is 10.9. The maximum Gasteiger partial charge on any atom is 0.241 e. The number of nitrogens with two attached hydrogens (primary N) is 1. The summed E-state index contributed by atoms with van der Waals surface area (Å²) in [5, 5.41) is 0. The highest BCUT2D eigenvalue weighted by Gasteiger charge is 2.23. The number of hydrogen-bond donors (Lipinski definition) is 2. The number of halogens is 1. The van der Waals surface area contributed by atoms with Crippen molar-refractivity contribution in [3.05, 3.63) is 60.7 Å². The fourth-order valence-electron chi connectivity index (χ4n) is 3.31. The quantitative estimate of drug-likeness (QED) is 0.644. The molecule has 1 aliphatic rings. The minimum atomic E-state index is -3.70. The van der Waals surface area contributed by atoms with E-state index in [1.165, 1.54) is 24.5 Å². The van der Waals surface area contributed by atoms with Gasteiger partial charge in [0.05, 0.1) is 23.0 Å². The van der Waals surface area contributed by atoms with E-state index in [0.29, 0.717) is 29.3 Å². The number of hydrogen-bond acceptors (Lipinski definition) is 5. The molecule has 0 aliphatic heterocycles. The molecule has 0 radical (unpaired) electrons. The first kappa shape index (κ1) is 19.5. The summed E-state index contributed by atoms with van der Waals surface area (Å²) < 4.78 is 43.2. The SMILES string of the molecule is Nc1cnc(-c2ccc(-c3ccccc3S(=O)(=O)NCC3CCC3)cc2F)cn1. The topological polar surface area (TPSA) is 98.0 Å².